The molecule has 33 heavy (non-hydrogen) atoms. The molecule has 0 radical (unpaired) electrons. The number of halogens is 2. The van der Waals surface area contributed by atoms with Gasteiger partial charge in [-0.15, -0.1) is 0 Å². The molecule has 1 aromatic rings. The molecule has 0 saturated heterocycles. The lowest BCUT2D eigenvalue weighted by Crippen LogP contribution is -2.44. The topological polar surface area (TPSA) is 76.0 Å². The first-order valence-corrected chi connectivity index (χ1v) is 14.2. The molecule has 5 nitrogen and oxygen atoms in total. The van der Waals surface area contributed by atoms with Gasteiger partial charge in [0, 0.05) is 18.4 Å². The van der Waals surface area contributed by atoms with Crippen molar-refractivity contribution in [1.29, 1.82) is 0 Å². The minimum absolute atomic E-state index is 0.0166. The summed E-state index contributed by atoms with van der Waals surface area (Å²) in [6.45, 7) is 12.1. The lowest BCUT2D eigenvalue weighted by Gasteiger charge is -2.38. The predicted molar refractivity (Wildman–Crippen MR) is 125 cm³/mol. The number of hydrogen-bond donors (Lipinski definition) is 2. The van der Waals surface area contributed by atoms with Crippen molar-refractivity contribution in [3.63, 3.8) is 0 Å². The number of carbonyl (C=O) groups excluding carboxylic acids is 1. The number of phenolic OH excluding ortho intramolecular Hbond substituents is 2. The second kappa shape index (κ2) is 8.87. The highest BCUT2D eigenvalue weighted by Crippen LogP contribution is 2.58. The van der Waals surface area contributed by atoms with Gasteiger partial charge in [0.05, 0.1) is 18.1 Å². The van der Waals surface area contributed by atoms with E-state index in [9.17, 15) is 23.8 Å². The molecule has 3 unspecified atom stereocenters. The summed E-state index contributed by atoms with van der Waals surface area (Å²) in [6.07, 6.45) is 5.53. The van der Waals surface area contributed by atoms with Crippen molar-refractivity contribution in [3.05, 3.63) is 47.6 Å². The van der Waals surface area contributed by atoms with Gasteiger partial charge in [0.15, 0.2) is 8.32 Å². The normalized spacial score (nSPS) is 29.8. The van der Waals surface area contributed by atoms with Gasteiger partial charge in [0.2, 0.25) is 0 Å². The Morgan fingerprint density at radius 2 is 1.79 bits per heavy atom. The molecule has 1 aromatic carbocycles. The van der Waals surface area contributed by atoms with Crippen molar-refractivity contribution >= 4 is 14.3 Å². The standard InChI is InChI=1S/C25H34F2O5Si/c1-15-11-20-19(25(20,26)27)10-8-7-9-18(32-33(5,6)24(2,3)4)13-16-12-17(28)14-21(29)22(16)23(30)31-15/h7-10,12,14-15,18-20,28-29H,11,13H2,1-6H3/b9-7+,10-8-/t15-,18?,19?,20?/m1/s1. The van der Waals surface area contributed by atoms with Gasteiger partial charge >= 0.3 is 5.97 Å². The first-order chi connectivity index (χ1) is 15.1. The molecule has 8 heteroatoms. The number of benzene rings is 1. The lowest BCUT2D eigenvalue weighted by molar-refractivity contribution is 0.0246. The number of carbonyl (C=O) groups is 1. The molecular formula is C25H34F2O5Si. The van der Waals surface area contributed by atoms with Crippen LogP contribution >= 0.6 is 0 Å². The Balaban J connectivity index is 2.03. The largest absolute Gasteiger partial charge is 0.508 e. The number of allylic oxidation sites excluding steroid dienone is 3. The summed E-state index contributed by atoms with van der Waals surface area (Å²) in [5.41, 5.74) is 0.289. The highest BCUT2D eigenvalue weighted by atomic mass is 28.4. The third kappa shape index (κ3) is 5.49. The van der Waals surface area contributed by atoms with E-state index in [0.717, 1.165) is 6.07 Å². The van der Waals surface area contributed by atoms with Gasteiger partial charge in [-0.2, -0.15) is 0 Å². The zero-order valence-electron chi connectivity index (χ0n) is 20.1. The summed E-state index contributed by atoms with van der Waals surface area (Å²) in [4.78, 5) is 12.9. The van der Waals surface area contributed by atoms with Gasteiger partial charge in [-0.05, 0) is 43.1 Å². The Hall–Kier alpha value is -2.19. The van der Waals surface area contributed by atoms with Crippen molar-refractivity contribution < 1.29 is 33.0 Å². The molecule has 2 aliphatic rings. The van der Waals surface area contributed by atoms with Crippen molar-refractivity contribution in [1.82, 2.24) is 0 Å². The van der Waals surface area contributed by atoms with E-state index in [1.54, 1.807) is 25.2 Å². The molecular weight excluding hydrogens is 446 g/mol. The monoisotopic (exact) mass is 480 g/mol. The molecule has 4 atom stereocenters. The van der Waals surface area contributed by atoms with E-state index in [0.29, 0.717) is 5.56 Å². The van der Waals surface area contributed by atoms with Crippen LogP contribution in [0.3, 0.4) is 0 Å². The third-order valence-electron chi connectivity index (χ3n) is 6.97. The Labute approximate surface area is 195 Å². The maximum atomic E-state index is 14.2. The van der Waals surface area contributed by atoms with Crippen molar-refractivity contribution in [2.24, 2.45) is 11.8 Å². The van der Waals surface area contributed by atoms with E-state index in [2.05, 4.69) is 33.9 Å². The molecule has 2 N–H and O–H groups in total. The van der Waals surface area contributed by atoms with E-state index < -0.39 is 50.0 Å². The number of esters is 1. The van der Waals surface area contributed by atoms with Gasteiger partial charge < -0.3 is 19.4 Å². The Morgan fingerprint density at radius 1 is 1.15 bits per heavy atom. The molecule has 1 aliphatic heterocycles. The summed E-state index contributed by atoms with van der Waals surface area (Å²) in [7, 11) is -2.24. The number of ether oxygens (including phenoxy) is 1. The van der Waals surface area contributed by atoms with E-state index in [4.69, 9.17) is 9.16 Å². The van der Waals surface area contributed by atoms with Crippen LogP contribution in [0.5, 0.6) is 11.5 Å². The van der Waals surface area contributed by atoms with E-state index in [1.165, 1.54) is 12.1 Å². The molecule has 0 aromatic heterocycles. The third-order valence-corrected chi connectivity index (χ3v) is 11.5. The number of alkyl halides is 2. The molecule has 1 saturated carbocycles. The van der Waals surface area contributed by atoms with Crippen LogP contribution in [0, 0.1) is 11.8 Å². The molecule has 0 amide bonds. The zero-order valence-corrected chi connectivity index (χ0v) is 21.1. The highest BCUT2D eigenvalue weighted by Gasteiger charge is 2.66. The van der Waals surface area contributed by atoms with Crippen LogP contribution in [0.2, 0.25) is 18.1 Å². The van der Waals surface area contributed by atoms with Crippen LogP contribution in [-0.4, -0.2) is 42.6 Å². The number of phenols is 2. The first kappa shape index (κ1) is 25.4. The van der Waals surface area contributed by atoms with Crippen molar-refractivity contribution in [2.75, 3.05) is 0 Å². The molecule has 1 heterocycles. The summed E-state index contributed by atoms with van der Waals surface area (Å²) in [5.74, 6) is -6.06. The number of aromatic hydroxyl groups is 2. The number of fused-ring (bicyclic) bond motifs is 2. The molecule has 0 bridgehead atoms. The van der Waals surface area contributed by atoms with Gasteiger partial charge in [-0.1, -0.05) is 45.1 Å². The Kier molecular flexibility index (Phi) is 6.84. The van der Waals surface area contributed by atoms with E-state index in [-0.39, 0.29) is 29.2 Å². The molecule has 182 valence electrons. The lowest BCUT2D eigenvalue weighted by atomic mass is 9.99. The van der Waals surface area contributed by atoms with Gasteiger partial charge in [-0.25, -0.2) is 13.6 Å². The molecule has 1 aliphatic carbocycles. The first-order valence-electron chi connectivity index (χ1n) is 11.3. The predicted octanol–water partition coefficient (Wildman–Crippen LogP) is 5.97. The average molecular weight is 481 g/mol. The smallest absolute Gasteiger partial charge is 0.342 e. The number of rotatable bonds is 2. The SMILES string of the molecule is C[C@@H]1CC2C(/C=C\C=C\C(O[Si](C)(C)C(C)(C)C)Cc3cc(O)cc(O)c3C(=O)O1)C2(F)F. The van der Waals surface area contributed by atoms with Crippen molar-refractivity contribution in [2.45, 2.75) is 76.8 Å². The second-order valence-electron chi connectivity index (χ2n) is 10.6. The second-order valence-corrected chi connectivity index (χ2v) is 15.4. The van der Waals surface area contributed by atoms with Gasteiger partial charge in [-0.3, -0.25) is 0 Å². The van der Waals surface area contributed by atoms with Gasteiger partial charge in [0.1, 0.15) is 17.1 Å². The van der Waals surface area contributed by atoms with Crippen LogP contribution in [0.25, 0.3) is 0 Å². The zero-order chi connectivity index (χ0) is 24.8. The highest BCUT2D eigenvalue weighted by molar-refractivity contribution is 6.74. The number of hydrogen-bond acceptors (Lipinski definition) is 5. The van der Waals surface area contributed by atoms with Crippen LogP contribution in [0.15, 0.2) is 36.4 Å². The average Bonchev–Trinajstić information content (AvgIpc) is 3.14. The molecule has 1 fully saturated rings. The van der Waals surface area contributed by atoms with E-state index >= 15 is 0 Å². The van der Waals surface area contributed by atoms with Crippen LogP contribution in [-0.2, 0) is 15.6 Å². The minimum Gasteiger partial charge on any atom is -0.508 e. The quantitative estimate of drug-likeness (QED) is 0.403. The maximum Gasteiger partial charge on any atom is 0.342 e. The van der Waals surface area contributed by atoms with Crippen LogP contribution < -0.4 is 0 Å². The Bertz CT molecular complexity index is 964. The summed E-state index contributed by atoms with van der Waals surface area (Å²) >= 11 is 0. The van der Waals surface area contributed by atoms with Crippen molar-refractivity contribution in [3.8, 4) is 11.5 Å². The molecule has 3 rings (SSSR count). The number of cyclic esters (lactones) is 1. The summed E-state index contributed by atoms with van der Waals surface area (Å²) in [6, 6.07) is 2.48. The summed E-state index contributed by atoms with van der Waals surface area (Å²) < 4.78 is 40.4. The van der Waals surface area contributed by atoms with Crippen LogP contribution in [0.1, 0.15) is 50.0 Å². The summed E-state index contributed by atoms with van der Waals surface area (Å²) in [5, 5.41) is 20.4. The fraction of sp³-hybridized carbons (Fsp3) is 0.560. The Morgan fingerprint density at radius 3 is 2.42 bits per heavy atom. The van der Waals surface area contributed by atoms with E-state index in [1.807, 2.05) is 0 Å². The van der Waals surface area contributed by atoms with Gasteiger partial charge in [0.25, 0.3) is 5.92 Å². The molecule has 0 spiro atoms. The maximum absolute atomic E-state index is 14.2. The fourth-order valence-corrected chi connectivity index (χ4v) is 5.26. The van der Waals surface area contributed by atoms with Crippen LogP contribution in [0.4, 0.5) is 8.78 Å². The fourth-order valence-electron chi connectivity index (χ4n) is 3.99. The minimum atomic E-state index is -2.84.